The zero-order valence-electron chi connectivity index (χ0n) is 12.0. The van der Waals surface area contributed by atoms with Gasteiger partial charge in [-0.05, 0) is 42.4 Å². The molecular formula is C19H23N. The van der Waals surface area contributed by atoms with E-state index in [1.165, 1.54) is 43.4 Å². The fourth-order valence-electron chi connectivity index (χ4n) is 3.48. The Morgan fingerprint density at radius 2 is 1.70 bits per heavy atom. The van der Waals surface area contributed by atoms with Gasteiger partial charge in [-0.2, -0.15) is 0 Å². The molecular weight excluding hydrogens is 242 g/mol. The highest BCUT2D eigenvalue weighted by Gasteiger charge is 2.21. The summed E-state index contributed by atoms with van der Waals surface area (Å²) in [4.78, 5) is 4.52. The maximum Gasteiger partial charge on any atom is 0.0409 e. The first-order valence-electron chi connectivity index (χ1n) is 7.86. The van der Waals surface area contributed by atoms with E-state index in [0.717, 1.165) is 12.3 Å². The van der Waals surface area contributed by atoms with Gasteiger partial charge in [-0.25, -0.2) is 0 Å². The number of rotatable bonds is 5. The van der Waals surface area contributed by atoms with Crippen molar-refractivity contribution in [3.8, 4) is 0 Å². The van der Waals surface area contributed by atoms with Crippen molar-refractivity contribution >= 4 is 0 Å². The van der Waals surface area contributed by atoms with Gasteiger partial charge in [0.1, 0.15) is 0 Å². The first-order valence-corrected chi connectivity index (χ1v) is 7.86. The molecule has 1 aliphatic carbocycles. The molecule has 1 aromatic carbocycles. The Hall–Kier alpha value is -1.63. The lowest BCUT2D eigenvalue weighted by Gasteiger charge is -2.21. The van der Waals surface area contributed by atoms with Crippen molar-refractivity contribution in [1.29, 1.82) is 0 Å². The van der Waals surface area contributed by atoms with Crippen LogP contribution in [0.1, 0.15) is 49.3 Å². The molecule has 1 atom stereocenters. The highest BCUT2D eigenvalue weighted by molar-refractivity contribution is 5.22. The summed E-state index contributed by atoms with van der Waals surface area (Å²) in [5, 5.41) is 0. The lowest BCUT2D eigenvalue weighted by Crippen LogP contribution is -2.09. The zero-order chi connectivity index (χ0) is 13.6. The molecule has 0 spiro atoms. The molecule has 0 saturated heterocycles. The Bertz CT molecular complexity index is 500. The number of nitrogens with zero attached hydrogens (tertiary/aromatic N) is 1. The van der Waals surface area contributed by atoms with Gasteiger partial charge in [0.15, 0.2) is 0 Å². The van der Waals surface area contributed by atoms with E-state index in [2.05, 4.69) is 47.4 Å². The quantitative estimate of drug-likeness (QED) is 0.742. The molecule has 0 bridgehead atoms. The van der Waals surface area contributed by atoms with Gasteiger partial charge < -0.3 is 0 Å². The van der Waals surface area contributed by atoms with Crippen LogP contribution in [0.4, 0.5) is 0 Å². The Labute approximate surface area is 122 Å². The average Bonchev–Trinajstić information content (AvgIpc) is 3.02. The van der Waals surface area contributed by atoms with Gasteiger partial charge in [0, 0.05) is 11.9 Å². The van der Waals surface area contributed by atoms with Gasteiger partial charge in [-0.3, -0.25) is 4.98 Å². The molecule has 1 aromatic heterocycles. The van der Waals surface area contributed by atoms with Gasteiger partial charge >= 0.3 is 0 Å². The fraction of sp³-hybridized carbons (Fsp3) is 0.421. The van der Waals surface area contributed by atoms with Crippen LogP contribution < -0.4 is 0 Å². The third-order valence-corrected chi connectivity index (χ3v) is 4.55. The van der Waals surface area contributed by atoms with Crippen molar-refractivity contribution in [3.05, 3.63) is 66.0 Å². The van der Waals surface area contributed by atoms with Gasteiger partial charge in [-0.1, -0.05) is 62.1 Å². The maximum atomic E-state index is 4.52. The second-order valence-electron chi connectivity index (χ2n) is 6.02. The van der Waals surface area contributed by atoms with Crippen molar-refractivity contribution in [1.82, 2.24) is 4.98 Å². The molecule has 20 heavy (non-hydrogen) atoms. The summed E-state index contributed by atoms with van der Waals surface area (Å²) in [5.41, 5.74) is 2.70. The normalized spacial score (nSPS) is 17.2. The van der Waals surface area contributed by atoms with E-state index < -0.39 is 0 Å². The molecule has 0 amide bonds. The predicted octanol–water partition coefficient (Wildman–Crippen LogP) is 4.99. The van der Waals surface area contributed by atoms with Crippen LogP contribution in [0.5, 0.6) is 0 Å². The van der Waals surface area contributed by atoms with Crippen LogP contribution in [0.25, 0.3) is 0 Å². The van der Waals surface area contributed by atoms with Crippen molar-refractivity contribution < 1.29 is 0 Å². The van der Waals surface area contributed by atoms with Gasteiger partial charge in [-0.15, -0.1) is 0 Å². The van der Waals surface area contributed by atoms with Crippen LogP contribution >= 0.6 is 0 Å². The summed E-state index contributed by atoms with van der Waals surface area (Å²) in [6, 6.07) is 17.2. The van der Waals surface area contributed by atoms with Gasteiger partial charge in [0.05, 0.1) is 0 Å². The summed E-state index contributed by atoms with van der Waals surface area (Å²) in [5.74, 6) is 1.54. The molecule has 3 rings (SSSR count). The Kier molecular flexibility index (Phi) is 4.47. The average molecular weight is 265 g/mol. The Morgan fingerprint density at radius 3 is 2.40 bits per heavy atom. The third-order valence-electron chi connectivity index (χ3n) is 4.55. The van der Waals surface area contributed by atoms with E-state index in [0.29, 0.717) is 5.92 Å². The lowest BCUT2D eigenvalue weighted by atomic mass is 9.85. The molecule has 104 valence electrons. The fourth-order valence-corrected chi connectivity index (χ4v) is 3.48. The topological polar surface area (TPSA) is 12.9 Å². The van der Waals surface area contributed by atoms with Crippen molar-refractivity contribution in [2.24, 2.45) is 5.92 Å². The summed E-state index contributed by atoms with van der Waals surface area (Å²) < 4.78 is 0. The third kappa shape index (κ3) is 3.47. The van der Waals surface area contributed by atoms with Crippen molar-refractivity contribution in [2.45, 2.75) is 44.4 Å². The van der Waals surface area contributed by atoms with Crippen LogP contribution in [0.15, 0.2) is 54.7 Å². The molecule has 1 heterocycles. The Balaban J connectivity index is 1.76. The molecule has 1 nitrogen and oxygen atoms in total. The smallest absolute Gasteiger partial charge is 0.0409 e. The summed E-state index contributed by atoms with van der Waals surface area (Å²) in [6.45, 7) is 0. The SMILES string of the molecule is c1ccc(C(Cc2ccccn2)CC2CCCC2)cc1. The number of aromatic nitrogens is 1. The van der Waals surface area contributed by atoms with Crippen molar-refractivity contribution in [3.63, 3.8) is 0 Å². The molecule has 0 aliphatic heterocycles. The van der Waals surface area contributed by atoms with Crippen LogP contribution in [0.2, 0.25) is 0 Å². The van der Waals surface area contributed by atoms with Crippen LogP contribution in [-0.4, -0.2) is 4.98 Å². The highest BCUT2D eigenvalue weighted by Crippen LogP contribution is 2.35. The number of hydrogen-bond donors (Lipinski definition) is 0. The monoisotopic (exact) mass is 265 g/mol. The lowest BCUT2D eigenvalue weighted by molar-refractivity contribution is 0.440. The minimum atomic E-state index is 0.620. The van der Waals surface area contributed by atoms with Crippen LogP contribution in [0.3, 0.4) is 0 Å². The van der Waals surface area contributed by atoms with Crippen LogP contribution in [0, 0.1) is 5.92 Å². The van der Waals surface area contributed by atoms with Gasteiger partial charge in [0.25, 0.3) is 0 Å². The molecule has 1 saturated carbocycles. The second kappa shape index (κ2) is 6.69. The summed E-state index contributed by atoms with van der Waals surface area (Å²) in [6.07, 6.45) is 10.00. The van der Waals surface area contributed by atoms with E-state index in [1.54, 1.807) is 0 Å². The van der Waals surface area contributed by atoms with Crippen molar-refractivity contribution in [2.75, 3.05) is 0 Å². The predicted molar refractivity (Wildman–Crippen MR) is 83.7 cm³/mol. The van der Waals surface area contributed by atoms with E-state index in [-0.39, 0.29) is 0 Å². The number of benzene rings is 1. The van der Waals surface area contributed by atoms with Crippen LogP contribution in [-0.2, 0) is 6.42 Å². The van der Waals surface area contributed by atoms with E-state index in [4.69, 9.17) is 0 Å². The first kappa shape index (κ1) is 13.4. The number of hydrogen-bond acceptors (Lipinski definition) is 1. The standard InChI is InChI=1S/C19H23N/c1-2-10-17(11-3-1)18(14-16-8-4-5-9-16)15-19-12-6-7-13-20-19/h1-3,6-7,10-13,16,18H,4-5,8-9,14-15H2. The molecule has 1 aliphatic rings. The molecule has 0 radical (unpaired) electrons. The number of pyridine rings is 1. The zero-order valence-corrected chi connectivity index (χ0v) is 12.0. The molecule has 0 N–H and O–H groups in total. The second-order valence-corrected chi connectivity index (χ2v) is 6.02. The summed E-state index contributed by atoms with van der Waals surface area (Å²) in [7, 11) is 0. The van der Waals surface area contributed by atoms with E-state index >= 15 is 0 Å². The first-order chi connectivity index (χ1) is 9.92. The van der Waals surface area contributed by atoms with E-state index in [1.807, 2.05) is 12.3 Å². The van der Waals surface area contributed by atoms with Gasteiger partial charge in [0.2, 0.25) is 0 Å². The molecule has 1 unspecified atom stereocenters. The maximum absolute atomic E-state index is 4.52. The molecule has 2 aromatic rings. The minimum absolute atomic E-state index is 0.620. The summed E-state index contributed by atoms with van der Waals surface area (Å²) >= 11 is 0. The van der Waals surface area contributed by atoms with E-state index in [9.17, 15) is 0 Å². The molecule has 1 heteroatoms. The highest BCUT2D eigenvalue weighted by atomic mass is 14.7. The Morgan fingerprint density at radius 1 is 0.950 bits per heavy atom. The minimum Gasteiger partial charge on any atom is -0.261 e. The molecule has 1 fully saturated rings. The largest absolute Gasteiger partial charge is 0.261 e.